The lowest BCUT2D eigenvalue weighted by Crippen LogP contribution is -2.22. The van der Waals surface area contributed by atoms with E-state index in [1.165, 1.54) is 6.07 Å². The fourth-order valence-corrected chi connectivity index (χ4v) is 1.36. The minimum Gasteiger partial charge on any atom is -0.488 e. The van der Waals surface area contributed by atoms with Gasteiger partial charge in [0.15, 0.2) is 11.6 Å². The van der Waals surface area contributed by atoms with Gasteiger partial charge in [-0.05, 0) is 31.5 Å². The van der Waals surface area contributed by atoms with E-state index in [1.54, 1.807) is 12.1 Å². The molecule has 0 unspecified atom stereocenters. The summed E-state index contributed by atoms with van der Waals surface area (Å²) >= 11 is 0. The average Bonchev–Trinajstić information content (AvgIpc) is 2.20. The SMILES string of the molecule is CC(C)Oc1ccc(C(C)(C)CO)cc1F. The Hall–Kier alpha value is -1.09. The Balaban J connectivity index is 2.99. The topological polar surface area (TPSA) is 29.5 Å². The monoisotopic (exact) mass is 226 g/mol. The zero-order chi connectivity index (χ0) is 12.3. The van der Waals surface area contributed by atoms with E-state index >= 15 is 0 Å². The molecule has 1 aromatic carbocycles. The molecule has 0 heterocycles. The van der Waals surface area contributed by atoms with Gasteiger partial charge in [-0.2, -0.15) is 0 Å². The molecule has 3 heteroatoms. The molecular weight excluding hydrogens is 207 g/mol. The highest BCUT2D eigenvalue weighted by molar-refractivity contribution is 5.33. The summed E-state index contributed by atoms with van der Waals surface area (Å²) in [6.07, 6.45) is -0.0498. The first-order valence-electron chi connectivity index (χ1n) is 5.44. The van der Waals surface area contributed by atoms with Gasteiger partial charge in [0.05, 0.1) is 12.7 Å². The van der Waals surface area contributed by atoms with Crippen molar-refractivity contribution in [1.82, 2.24) is 0 Å². The van der Waals surface area contributed by atoms with Crippen LogP contribution in [0.1, 0.15) is 33.3 Å². The Kier molecular flexibility index (Phi) is 3.92. The zero-order valence-electron chi connectivity index (χ0n) is 10.2. The standard InChI is InChI=1S/C13H19FO2/c1-9(2)16-12-6-5-10(7-11(12)14)13(3,4)8-15/h5-7,9,15H,8H2,1-4H3. The summed E-state index contributed by atoms with van der Waals surface area (Å²) in [5, 5.41) is 9.20. The maximum atomic E-state index is 13.7. The highest BCUT2D eigenvalue weighted by atomic mass is 19.1. The van der Waals surface area contributed by atoms with Crippen LogP contribution in [0.3, 0.4) is 0 Å². The van der Waals surface area contributed by atoms with Crippen molar-refractivity contribution in [1.29, 1.82) is 0 Å². The highest BCUT2D eigenvalue weighted by Gasteiger charge is 2.21. The molecule has 2 nitrogen and oxygen atoms in total. The van der Waals surface area contributed by atoms with Gasteiger partial charge < -0.3 is 9.84 Å². The highest BCUT2D eigenvalue weighted by Crippen LogP contribution is 2.27. The van der Waals surface area contributed by atoms with Crippen molar-refractivity contribution in [2.45, 2.75) is 39.2 Å². The van der Waals surface area contributed by atoms with Crippen LogP contribution in [0.4, 0.5) is 4.39 Å². The van der Waals surface area contributed by atoms with E-state index in [9.17, 15) is 9.50 Å². The number of ether oxygens (including phenoxy) is 1. The summed E-state index contributed by atoms with van der Waals surface area (Å²) in [6.45, 7) is 7.42. The third kappa shape index (κ3) is 2.95. The molecule has 0 amide bonds. The first-order valence-corrected chi connectivity index (χ1v) is 5.44. The lowest BCUT2D eigenvalue weighted by molar-refractivity contribution is 0.216. The van der Waals surface area contributed by atoms with Crippen LogP contribution in [0.2, 0.25) is 0 Å². The minimum atomic E-state index is -0.433. The van der Waals surface area contributed by atoms with Gasteiger partial charge in [-0.3, -0.25) is 0 Å². The predicted octanol–water partition coefficient (Wildman–Crippen LogP) is 2.88. The maximum Gasteiger partial charge on any atom is 0.165 e. The molecule has 1 N–H and O–H groups in total. The van der Waals surface area contributed by atoms with Crippen molar-refractivity contribution < 1.29 is 14.2 Å². The number of hydrogen-bond donors (Lipinski definition) is 1. The molecule has 0 atom stereocenters. The second-order valence-electron chi connectivity index (χ2n) is 4.85. The van der Waals surface area contributed by atoms with Crippen LogP contribution in [0.15, 0.2) is 18.2 Å². The molecular formula is C13H19FO2. The molecule has 0 aliphatic heterocycles. The van der Waals surface area contributed by atoms with E-state index in [2.05, 4.69) is 0 Å². The Labute approximate surface area is 96.1 Å². The Morgan fingerprint density at radius 1 is 1.38 bits per heavy atom. The van der Waals surface area contributed by atoms with Crippen molar-refractivity contribution in [3.63, 3.8) is 0 Å². The van der Waals surface area contributed by atoms with Crippen molar-refractivity contribution in [2.75, 3.05) is 6.61 Å². The van der Waals surface area contributed by atoms with E-state index in [0.29, 0.717) is 0 Å². The van der Waals surface area contributed by atoms with E-state index < -0.39 is 5.41 Å². The summed E-state index contributed by atoms with van der Waals surface area (Å²) in [7, 11) is 0. The lowest BCUT2D eigenvalue weighted by atomic mass is 9.85. The lowest BCUT2D eigenvalue weighted by Gasteiger charge is -2.23. The average molecular weight is 226 g/mol. The van der Waals surface area contributed by atoms with Crippen LogP contribution in [-0.2, 0) is 5.41 Å². The van der Waals surface area contributed by atoms with Crippen molar-refractivity contribution in [3.8, 4) is 5.75 Å². The molecule has 0 aliphatic carbocycles. The fraction of sp³-hybridized carbons (Fsp3) is 0.538. The predicted molar refractivity (Wildman–Crippen MR) is 62.3 cm³/mol. The quantitative estimate of drug-likeness (QED) is 0.855. The van der Waals surface area contributed by atoms with Gasteiger partial charge in [0, 0.05) is 5.41 Å². The Morgan fingerprint density at radius 2 is 2.00 bits per heavy atom. The number of halogens is 1. The number of aliphatic hydroxyl groups is 1. The van der Waals surface area contributed by atoms with Crippen LogP contribution in [0.25, 0.3) is 0 Å². The minimum absolute atomic E-state index is 0.0170. The number of rotatable bonds is 4. The Bertz CT molecular complexity index is 359. The Morgan fingerprint density at radius 3 is 2.44 bits per heavy atom. The normalized spacial score (nSPS) is 11.9. The van der Waals surface area contributed by atoms with Gasteiger partial charge in [-0.15, -0.1) is 0 Å². The van der Waals surface area contributed by atoms with Gasteiger partial charge in [0.25, 0.3) is 0 Å². The molecule has 0 fully saturated rings. The van der Waals surface area contributed by atoms with Gasteiger partial charge in [-0.1, -0.05) is 19.9 Å². The van der Waals surface area contributed by atoms with Gasteiger partial charge in [0.2, 0.25) is 0 Å². The molecule has 0 radical (unpaired) electrons. The summed E-state index contributed by atoms with van der Waals surface area (Å²) < 4.78 is 19.0. The number of benzene rings is 1. The largest absolute Gasteiger partial charge is 0.488 e. The molecule has 0 spiro atoms. The van der Waals surface area contributed by atoms with Gasteiger partial charge >= 0.3 is 0 Å². The first-order chi connectivity index (χ1) is 7.36. The van der Waals surface area contributed by atoms with Crippen LogP contribution >= 0.6 is 0 Å². The van der Waals surface area contributed by atoms with Crippen LogP contribution in [-0.4, -0.2) is 17.8 Å². The molecule has 0 saturated heterocycles. The summed E-state index contributed by atoms with van der Waals surface area (Å²) in [5.74, 6) is -0.125. The van der Waals surface area contributed by atoms with Crippen molar-refractivity contribution >= 4 is 0 Å². The first kappa shape index (κ1) is 13.0. The third-order valence-corrected chi connectivity index (χ3v) is 2.47. The molecule has 0 aromatic heterocycles. The molecule has 0 saturated carbocycles. The third-order valence-electron chi connectivity index (χ3n) is 2.47. The number of aliphatic hydroxyl groups excluding tert-OH is 1. The van der Waals surface area contributed by atoms with Crippen molar-refractivity contribution in [3.05, 3.63) is 29.6 Å². The zero-order valence-corrected chi connectivity index (χ0v) is 10.2. The van der Waals surface area contributed by atoms with E-state index in [4.69, 9.17) is 4.74 Å². The van der Waals surface area contributed by atoms with E-state index in [0.717, 1.165) is 5.56 Å². The van der Waals surface area contributed by atoms with E-state index in [1.807, 2.05) is 27.7 Å². The molecule has 1 aromatic rings. The summed E-state index contributed by atoms with van der Waals surface area (Å²) in [5.41, 5.74) is 0.334. The number of hydrogen-bond acceptors (Lipinski definition) is 2. The summed E-state index contributed by atoms with van der Waals surface area (Å²) in [4.78, 5) is 0. The van der Waals surface area contributed by atoms with Crippen molar-refractivity contribution in [2.24, 2.45) is 0 Å². The molecule has 0 aliphatic rings. The van der Waals surface area contributed by atoms with Crippen LogP contribution < -0.4 is 4.74 Å². The summed E-state index contributed by atoms with van der Waals surface area (Å²) in [6, 6.07) is 4.83. The van der Waals surface area contributed by atoms with Gasteiger partial charge in [-0.25, -0.2) is 4.39 Å². The molecule has 1 rings (SSSR count). The molecule has 16 heavy (non-hydrogen) atoms. The maximum absolute atomic E-state index is 13.7. The second-order valence-corrected chi connectivity index (χ2v) is 4.85. The van der Waals surface area contributed by atoms with E-state index in [-0.39, 0.29) is 24.3 Å². The molecule has 0 bridgehead atoms. The smallest absolute Gasteiger partial charge is 0.165 e. The fourth-order valence-electron chi connectivity index (χ4n) is 1.36. The molecule has 90 valence electrons. The van der Waals surface area contributed by atoms with Gasteiger partial charge in [0.1, 0.15) is 0 Å². The van der Waals surface area contributed by atoms with Crippen LogP contribution in [0, 0.1) is 5.82 Å². The second kappa shape index (κ2) is 4.83. The van der Waals surface area contributed by atoms with Crippen LogP contribution in [0.5, 0.6) is 5.75 Å².